The summed E-state index contributed by atoms with van der Waals surface area (Å²) < 4.78 is 12.2. The molecule has 3 rings (SSSR count). The summed E-state index contributed by atoms with van der Waals surface area (Å²) in [5.41, 5.74) is 3.42. The molecule has 1 aliphatic rings. The van der Waals surface area contributed by atoms with E-state index >= 15 is 0 Å². The van der Waals surface area contributed by atoms with Gasteiger partial charge in [0.05, 0.1) is 25.5 Å². The third kappa shape index (κ3) is 3.42. The Balaban J connectivity index is 1.75. The number of aryl methyl sites for hydroxylation is 1. The molecule has 138 valence electrons. The molecule has 0 unspecified atom stereocenters. The van der Waals surface area contributed by atoms with E-state index in [1.54, 1.807) is 36.9 Å². The van der Waals surface area contributed by atoms with Crippen molar-refractivity contribution in [2.45, 2.75) is 33.4 Å². The van der Waals surface area contributed by atoms with Crippen molar-refractivity contribution in [2.75, 3.05) is 20.8 Å². The minimum Gasteiger partial charge on any atom is -0.493 e. The molecule has 26 heavy (non-hydrogen) atoms. The molecular weight excluding hydrogens is 334 g/mol. The van der Waals surface area contributed by atoms with Crippen LogP contribution in [0.3, 0.4) is 0 Å². The SMILES string of the molecule is COc1cc2c(cc1OC)CN(C(=O)Cn1cc(C(C)=O)c(C)n1)CC2. The number of hydrogen-bond donors (Lipinski definition) is 0. The second-order valence-electron chi connectivity index (χ2n) is 6.42. The fraction of sp³-hybridized carbons (Fsp3) is 0.421. The van der Waals surface area contributed by atoms with Gasteiger partial charge in [0, 0.05) is 19.3 Å². The molecule has 0 bridgehead atoms. The van der Waals surface area contributed by atoms with E-state index < -0.39 is 0 Å². The van der Waals surface area contributed by atoms with Crippen LogP contribution in [0.15, 0.2) is 18.3 Å². The lowest BCUT2D eigenvalue weighted by Crippen LogP contribution is -2.38. The zero-order valence-electron chi connectivity index (χ0n) is 15.5. The van der Waals surface area contributed by atoms with Gasteiger partial charge in [0.2, 0.25) is 5.91 Å². The number of ketones is 1. The second kappa shape index (κ2) is 7.19. The number of benzene rings is 1. The Bertz CT molecular complexity index is 857. The highest BCUT2D eigenvalue weighted by atomic mass is 16.5. The van der Waals surface area contributed by atoms with Crippen molar-refractivity contribution in [1.82, 2.24) is 14.7 Å². The highest BCUT2D eigenvalue weighted by molar-refractivity contribution is 5.94. The smallest absolute Gasteiger partial charge is 0.244 e. The molecule has 0 aliphatic carbocycles. The van der Waals surface area contributed by atoms with Crippen LogP contribution >= 0.6 is 0 Å². The molecule has 0 fully saturated rings. The predicted octanol–water partition coefficient (Wildman–Crippen LogP) is 2.00. The molecule has 2 aromatic rings. The maximum absolute atomic E-state index is 12.7. The van der Waals surface area contributed by atoms with Crippen molar-refractivity contribution in [3.8, 4) is 11.5 Å². The topological polar surface area (TPSA) is 73.7 Å². The predicted molar refractivity (Wildman–Crippen MR) is 95.6 cm³/mol. The normalized spacial score (nSPS) is 13.3. The average molecular weight is 357 g/mol. The number of fused-ring (bicyclic) bond motifs is 1. The molecule has 0 saturated heterocycles. The fourth-order valence-electron chi connectivity index (χ4n) is 3.28. The summed E-state index contributed by atoms with van der Waals surface area (Å²) in [7, 11) is 3.22. The van der Waals surface area contributed by atoms with Crippen LogP contribution in [-0.2, 0) is 24.3 Å². The molecule has 1 amide bonds. The molecule has 0 radical (unpaired) electrons. The third-order valence-corrected chi connectivity index (χ3v) is 4.69. The van der Waals surface area contributed by atoms with Crippen molar-refractivity contribution >= 4 is 11.7 Å². The number of carbonyl (C=O) groups is 2. The van der Waals surface area contributed by atoms with E-state index in [9.17, 15) is 9.59 Å². The number of carbonyl (C=O) groups excluding carboxylic acids is 2. The van der Waals surface area contributed by atoms with E-state index in [1.165, 1.54) is 12.5 Å². The standard InChI is InChI=1S/C19H23N3O4/c1-12-16(13(2)23)10-22(20-12)11-19(24)21-6-5-14-7-17(25-3)18(26-4)8-15(14)9-21/h7-8,10H,5-6,9,11H2,1-4H3. The highest BCUT2D eigenvalue weighted by Crippen LogP contribution is 2.33. The molecular formula is C19H23N3O4. The van der Waals surface area contributed by atoms with Crippen LogP contribution in [0.2, 0.25) is 0 Å². The minimum atomic E-state index is -0.0471. The summed E-state index contributed by atoms with van der Waals surface area (Å²) in [5.74, 6) is 1.29. The molecule has 0 N–H and O–H groups in total. The van der Waals surface area contributed by atoms with Gasteiger partial charge in [0.25, 0.3) is 0 Å². The number of hydrogen-bond acceptors (Lipinski definition) is 5. The van der Waals surface area contributed by atoms with Crippen LogP contribution in [0.25, 0.3) is 0 Å². The fourth-order valence-corrected chi connectivity index (χ4v) is 3.28. The molecule has 1 aromatic carbocycles. The Morgan fingerprint density at radius 1 is 1.15 bits per heavy atom. The summed E-state index contributed by atoms with van der Waals surface area (Å²) in [5, 5.41) is 4.27. The van der Waals surface area contributed by atoms with Crippen LogP contribution in [0, 0.1) is 6.92 Å². The molecule has 0 spiro atoms. The van der Waals surface area contributed by atoms with E-state index in [0.717, 1.165) is 12.0 Å². The van der Waals surface area contributed by atoms with Crippen LogP contribution < -0.4 is 9.47 Å². The van der Waals surface area contributed by atoms with E-state index in [2.05, 4.69) is 5.10 Å². The lowest BCUT2D eigenvalue weighted by molar-refractivity contribution is -0.133. The van der Waals surface area contributed by atoms with Gasteiger partial charge in [0.15, 0.2) is 17.3 Å². The summed E-state index contributed by atoms with van der Waals surface area (Å²) in [4.78, 5) is 26.0. The van der Waals surface area contributed by atoms with E-state index in [4.69, 9.17) is 9.47 Å². The summed E-state index contributed by atoms with van der Waals surface area (Å²) in [6.45, 7) is 4.56. The Morgan fingerprint density at radius 2 is 1.81 bits per heavy atom. The van der Waals surface area contributed by atoms with Gasteiger partial charge in [-0.3, -0.25) is 14.3 Å². The first-order valence-corrected chi connectivity index (χ1v) is 8.49. The van der Waals surface area contributed by atoms with Crippen molar-refractivity contribution in [2.24, 2.45) is 0 Å². The van der Waals surface area contributed by atoms with Gasteiger partial charge in [0.1, 0.15) is 6.54 Å². The van der Waals surface area contributed by atoms with E-state index in [0.29, 0.717) is 35.8 Å². The minimum absolute atomic E-state index is 0.0250. The van der Waals surface area contributed by atoms with Gasteiger partial charge < -0.3 is 14.4 Å². The number of rotatable bonds is 5. The molecule has 0 atom stereocenters. The second-order valence-corrected chi connectivity index (χ2v) is 6.42. The Labute approximate surface area is 152 Å². The maximum atomic E-state index is 12.7. The van der Waals surface area contributed by atoms with Gasteiger partial charge in [-0.1, -0.05) is 0 Å². The summed E-state index contributed by atoms with van der Waals surface area (Å²) >= 11 is 0. The van der Waals surface area contributed by atoms with Crippen molar-refractivity contribution in [1.29, 1.82) is 0 Å². The molecule has 2 heterocycles. The van der Waals surface area contributed by atoms with Gasteiger partial charge in [-0.05, 0) is 43.5 Å². The first kappa shape index (κ1) is 18.0. The molecule has 7 heteroatoms. The molecule has 7 nitrogen and oxygen atoms in total. The van der Waals surface area contributed by atoms with Crippen LogP contribution in [0.1, 0.15) is 34.1 Å². The first-order chi connectivity index (χ1) is 12.4. The quantitative estimate of drug-likeness (QED) is 0.765. The first-order valence-electron chi connectivity index (χ1n) is 8.49. The largest absolute Gasteiger partial charge is 0.493 e. The zero-order valence-corrected chi connectivity index (χ0v) is 15.5. The van der Waals surface area contributed by atoms with Gasteiger partial charge >= 0.3 is 0 Å². The number of Topliss-reactive ketones (excluding diaryl/α,β-unsaturated/α-hetero) is 1. The van der Waals surface area contributed by atoms with E-state index in [1.807, 2.05) is 12.1 Å². The van der Waals surface area contributed by atoms with Gasteiger partial charge in [-0.25, -0.2) is 0 Å². The summed E-state index contributed by atoms with van der Waals surface area (Å²) in [6, 6.07) is 3.91. The Kier molecular flexibility index (Phi) is 4.97. The zero-order chi connectivity index (χ0) is 18.8. The highest BCUT2D eigenvalue weighted by Gasteiger charge is 2.23. The lowest BCUT2D eigenvalue weighted by atomic mass is 9.98. The molecule has 1 aliphatic heterocycles. The third-order valence-electron chi connectivity index (χ3n) is 4.69. The monoisotopic (exact) mass is 357 g/mol. The average Bonchev–Trinajstić information content (AvgIpc) is 3.00. The van der Waals surface area contributed by atoms with Crippen LogP contribution in [0.5, 0.6) is 11.5 Å². The lowest BCUT2D eigenvalue weighted by Gasteiger charge is -2.29. The van der Waals surface area contributed by atoms with Crippen LogP contribution in [0.4, 0.5) is 0 Å². The van der Waals surface area contributed by atoms with E-state index in [-0.39, 0.29) is 18.2 Å². The maximum Gasteiger partial charge on any atom is 0.244 e. The number of methoxy groups -OCH3 is 2. The van der Waals surface area contributed by atoms with Gasteiger partial charge in [-0.2, -0.15) is 5.10 Å². The van der Waals surface area contributed by atoms with Crippen molar-refractivity contribution < 1.29 is 19.1 Å². The van der Waals surface area contributed by atoms with Crippen molar-refractivity contribution in [3.63, 3.8) is 0 Å². The Morgan fingerprint density at radius 3 is 2.38 bits per heavy atom. The number of aromatic nitrogens is 2. The number of amides is 1. The Hall–Kier alpha value is -2.83. The number of ether oxygens (including phenoxy) is 2. The van der Waals surface area contributed by atoms with Crippen LogP contribution in [-0.4, -0.2) is 47.1 Å². The number of nitrogens with zero attached hydrogens (tertiary/aromatic N) is 3. The molecule has 0 saturated carbocycles. The molecule has 1 aromatic heterocycles. The van der Waals surface area contributed by atoms with Gasteiger partial charge in [-0.15, -0.1) is 0 Å². The summed E-state index contributed by atoms with van der Waals surface area (Å²) in [6.07, 6.45) is 2.40. The van der Waals surface area contributed by atoms with Crippen molar-refractivity contribution in [3.05, 3.63) is 40.7 Å².